The van der Waals surface area contributed by atoms with E-state index in [1.807, 2.05) is 4.57 Å². The molecule has 0 saturated carbocycles. The van der Waals surface area contributed by atoms with Gasteiger partial charge in [-0.05, 0) is 43.5 Å². The summed E-state index contributed by atoms with van der Waals surface area (Å²) in [5, 5.41) is 5.09. The van der Waals surface area contributed by atoms with Crippen molar-refractivity contribution in [2.24, 2.45) is 5.92 Å². The van der Waals surface area contributed by atoms with Gasteiger partial charge in [-0.1, -0.05) is 19.9 Å². The first kappa shape index (κ1) is 20.4. The number of aromatic nitrogens is 3. The van der Waals surface area contributed by atoms with E-state index >= 15 is 0 Å². The second-order valence-corrected chi connectivity index (χ2v) is 7.53. The molecule has 3 rings (SSSR count). The SMILES string of the molecule is Cc1ccc(NC(=O)C(C)NC(=O)c2cnc3c(c2)ncn3CC(C)C)c(F)c1. The van der Waals surface area contributed by atoms with Crippen LogP contribution in [0.25, 0.3) is 11.2 Å². The molecule has 1 aromatic carbocycles. The molecule has 2 amide bonds. The molecule has 0 bridgehead atoms. The lowest BCUT2D eigenvalue weighted by Gasteiger charge is -2.15. The number of imidazole rings is 1. The van der Waals surface area contributed by atoms with Crippen LogP contribution in [0.5, 0.6) is 0 Å². The number of pyridine rings is 1. The topological polar surface area (TPSA) is 88.9 Å². The van der Waals surface area contributed by atoms with Crippen LogP contribution < -0.4 is 10.6 Å². The average Bonchev–Trinajstić information content (AvgIpc) is 3.05. The Morgan fingerprint density at radius 3 is 2.62 bits per heavy atom. The van der Waals surface area contributed by atoms with Gasteiger partial charge >= 0.3 is 0 Å². The fourth-order valence-corrected chi connectivity index (χ4v) is 2.91. The van der Waals surface area contributed by atoms with Crippen molar-refractivity contribution >= 4 is 28.7 Å². The van der Waals surface area contributed by atoms with E-state index in [4.69, 9.17) is 0 Å². The Kier molecular flexibility index (Phi) is 5.91. The highest BCUT2D eigenvalue weighted by molar-refractivity contribution is 6.01. The highest BCUT2D eigenvalue weighted by Crippen LogP contribution is 2.16. The molecule has 0 fully saturated rings. The smallest absolute Gasteiger partial charge is 0.253 e. The summed E-state index contributed by atoms with van der Waals surface area (Å²) in [7, 11) is 0. The number of carbonyl (C=O) groups is 2. The molecule has 2 N–H and O–H groups in total. The first-order valence-electron chi connectivity index (χ1n) is 9.43. The van der Waals surface area contributed by atoms with Crippen molar-refractivity contribution < 1.29 is 14.0 Å². The molecule has 0 radical (unpaired) electrons. The van der Waals surface area contributed by atoms with E-state index in [2.05, 4.69) is 34.4 Å². The van der Waals surface area contributed by atoms with Gasteiger partial charge in [0.1, 0.15) is 17.4 Å². The fraction of sp³-hybridized carbons (Fsp3) is 0.333. The van der Waals surface area contributed by atoms with E-state index in [9.17, 15) is 14.0 Å². The highest BCUT2D eigenvalue weighted by Gasteiger charge is 2.19. The van der Waals surface area contributed by atoms with Crippen molar-refractivity contribution in [3.63, 3.8) is 0 Å². The summed E-state index contributed by atoms with van der Waals surface area (Å²) in [5.41, 5.74) is 2.43. The van der Waals surface area contributed by atoms with Gasteiger partial charge < -0.3 is 15.2 Å². The zero-order valence-corrected chi connectivity index (χ0v) is 16.9. The number of hydrogen-bond acceptors (Lipinski definition) is 4. The highest BCUT2D eigenvalue weighted by atomic mass is 19.1. The number of rotatable bonds is 6. The first-order valence-corrected chi connectivity index (χ1v) is 9.43. The van der Waals surface area contributed by atoms with E-state index in [1.54, 1.807) is 25.4 Å². The van der Waals surface area contributed by atoms with Crippen LogP contribution >= 0.6 is 0 Å². The molecule has 2 heterocycles. The predicted molar refractivity (Wildman–Crippen MR) is 109 cm³/mol. The van der Waals surface area contributed by atoms with Crippen LogP contribution in [-0.2, 0) is 11.3 Å². The molecule has 0 aliphatic rings. The van der Waals surface area contributed by atoms with E-state index in [-0.39, 0.29) is 5.69 Å². The third kappa shape index (κ3) is 4.77. The number of amides is 2. The van der Waals surface area contributed by atoms with Gasteiger partial charge in [0.05, 0.1) is 17.6 Å². The zero-order valence-electron chi connectivity index (χ0n) is 16.9. The van der Waals surface area contributed by atoms with Crippen LogP contribution in [0.3, 0.4) is 0 Å². The molecule has 8 heteroatoms. The van der Waals surface area contributed by atoms with E-state index in [0.717, 1.165) is 12.1 Å². The lowest BCUT2D eigenvalue weighted by Crippen LogP contribution is -2.41. The van der Waals surface area contributed by atoms with Crippen molar-refractivity contribution in [1.82, 2.24) is 19.9 Å². The molecule has 0 spiro atoms. The minimum absolute atomic E-state index is 0.0699. The number of anilines is 1. The first-order chi connectivity index (χ1) is 13.7. The maximum Gasteiger partial charge on any atom is 0.253 e. The van der Waals surface area contributed by atoms with Gasteiger partial charge in [0.15, 0.2) is 5.65 Å². The Bertz CT molecular complexity index is 1060. The number of hydrogen-bond donors (Lipinski definition) is 2. The van der Waals surface area contributed by atoms with Gasteiger partial charge in [0.25, 0.3) is 5.91 Å². The number of nitrogens with zero attached hydrogens (tertiary/aromatic N) is 3. The summed E-state index contributed by atoms with van der Waals surface area (Å²) in [6, 6.07) is 5.29. The Morgan fingerprint density at radius 2 is 1.93 bits per heavy atom. The quantitative estimate of drug-likeness (QED) is 0.668. The number of halogens is 1. The zero-order chi connectivity index (χ0) is 21.1. The van der Waals surface area contributed by atoms with Crippen LogP contribution in [0.1, 0.15) is 36.7 Å². The molecular formula is C21H24FN5O2. The molecule has 152 valence electrons. The minimum atomic E-state index is -0.864. The normalized spacial score (nSPS) is 12.2. The predicted octanol–water partition coefficient (Wildman–Crippen LogP) is 3.29. The van der Waals surface area contributed by atoms with Crippen molar-refractivity contribution in [3.8, 4) is 0 Å². The van der Waals surface area contributed by atoms with Crippen LogP contribution in [0.2, 0.25) is 0 Å². The number of aryl methyl sites for hydroxylation is 1. The lowest BCUT2D eigenvalue weighted by atomic mass is 10.2. The van der Waals surface area contributed by atoms with Crippen LogP contribution in [0.4, 0.5) is 10.1 Å². The Hall–Kier alpha value is -3.29. The summed E-state index contributed by atoms with van der Waals surface area (Å²) in [6.45, 7) is 8.27. The fourth-order valence-electron chi connectivity index (χ4n) is 2.91. The van der Waals surface area contributed by atoms with Crippen molar-refractivity contribution in [2.75, 3.05) is 5.32 Å². The molecule has 29 heavy (non-hydrogen) atoms. The van der Waals surface area contributed by atoms with E-state index in [1.165, 1.54) is 25.3 Å². The average molecular weight is 397 g/mol. The maximum absolute atomic E-state index is 13.9. The summed E-state index contributed by atoms with van der Waals surface area (Å²) in [4.78, 5) is 33.5. The standard InChI is InChI=1S/C21H24FN5O2/c1-12(2)10-27-11-24-18-8-15(9-23-19(18)27)21(29)25-14(4)20(28)26-17-6-5-13(3)7-16(17)22/h5-9,11-12,14H,10H2,1-4H3,(H,25,29)(H,26,28). The Labute approximate surface area is 168 Å². The summed E-state index contributed by atoms with van der Waals surface area (Å²) >= 11 is 0. The van der Waals surface area contributed by atoms with Gasteiger partial charge in [-0.2, -0.15) is 0 Å². The summed E-state index contributed by atoms with van der Waals surface area (Å²) < 4.78 is 15.9. The maximum atomic E-state index is 13.9. The lowest BCUT2D eigenvalue weighted by molar-refractivity contribution is -0.117. The minimum Gasteiger partial charge on any atom is -0.340 e. The Balaban J connectivity index is 1.68. The number of benzene rings is 1. The van der Waals surface area contributed by atoms with Gasteiger partial charge in [0.2, 0.25) is 5.91 Å². The molecule has 3 aromatic rings. The van der Waals surface area contributed by atoms with Gasteiger partial charge in [-0.3, -0.25) is 9.59 Å². The summed E-state index contributed by atoms with van der Waals surface area (Å²) in [6.07, 6.45) is 3.16. The van der Waals surface area contributed by atoms with Crippen LogP contribution in [0, 0.1) is 18.7 Å². The number of nitrogens with one attached hydrogen (secondary N) is 2. The Morgan fingerprint density at radius 1 is 1.17 bits per heavy atom. The number of carbonyl (C=O) groups excluding carboxylic acids is 2. The van der Waals surface area contributed by atoms with Crippen LogP contribution in [-0.4, -0.2) is 32.4 Å². The largest absolute Gasteiger partial charge is 0.340 e. The third-order valence-electron chi connectivity index (χ3n) is 4.40. The third-order valence-corrected chi connectivity index (χ3v) is 4.40. The van der Waals surface area contributed by atoms with E-state index < -0.39 is 23.7 Å². The molecular weight excluding hydrogens is 373 g/mol. The van der Waals surface area contributed by atoms with Gasteiger partial charge in [-0.15, -0.1) is 0 Å². The van der Waals surface area contributed by atoms with Gasteiger partial charge in [-0.25, -0.2) is 14.4 Å². The molecule has 0 aliphatic carbocycles. The number of fused-ring (bicyclic) bond motifs is 1. The molecule has 7 nitrogen and oxygen atoms in total. The van der Waals surface area contributed by atoms with Crippen molar-refractivity contribution in [1.29, 1.82) is 0 Å². The molecule has 1 unspecified atom stereocenters. The molecule has 0 aliphatic heterocycles. The van der Waals surface area contributed by atoms with Gasteiger partial charge in [0, 0.05) is 12.7 Å². The van der Waals surface area contributed by atoms with Crippen LogP contribution in [0.15, 0.2) is 36.8 Å². The molecule has 2 aromatic heterocycles. The van der Waals surface area contributed by atoms with Crippen molar-refractivity contribution in [2.45, 2.75) is 40.3 Å². The molecule has 1 atom stereocenters. The monoisotopic (exact) mass is 397 g/mol. The second kappa shape index (κ2) is 8.38. The molecule has 0 saturated heterocycles. The van der Waals surface area contributed by atoms with Crippen molar-refractivity contribution in [3.05, 3.63) is 53.7 Å². The second-order valence-electron chi connectivity index (χ2n) is 7.53. The summed E-state index contributed by atoms with van der Waals surface area (Å²) in [5.74, 6) is -1.06. The van der Waals surface area contributed by atoms with E-state index in [0.29, 0.717) is 22.6 Å².